The monoisotopic (exact) mass is 414 g/mol. The minimum atomic E-state index is 0.432. The predicted molar refractivity (Wildman–Crippen MR) is 114 cm³/mol. The molecule has 1 heterocycles. The fourth-order valence-electron chi connectivity index (χ4n) is 2.50. The van der Waals surface area contributed by atoms with E-state index in [0.29, 0.717) is 29.7 Å². The van der Waals surface area contributed by atoms with E-state index in [1.165, 1.54) is 5.56 Å². The second-order valence-corrected chi connectivity index (χ2v) is 6.15. The van der Waals surface area contributed by atoms with Gasteiger partial charge >= 0.3 is 0 Å². The molecule has 29 heavy (non-hydrogen) atoms. The zero-order chi connectivity index (χ0) is 21.1. The summed E-state index contributed by atoms with van der Waals surface area (Å²) in [4.78, 5) is 17.9. The number of rotatable bonds is 7. The van der Waals surface area contributed by atoms with Crippen molar-refractivity contribution >= 4 is 23.7 Å². The van der Waals surface area contributed by atoms with Crippen molar-refractivity contribution in [3.63, 3.8) is 0 Å². The molecule has 1 amide bonds. The molecule has 0 spiro atoms. The molecule has 0 aliphatic rings. The first kappa shape index (κ1) is 22.1. The van der Waals surface area contributed by atoms with Gasteiger partial charge in [0.1, 0.15) is 6.61 Å². The number of carbonyl (C=O) groups excluding carboxylic acids is 1. The highest BCUT2D eigenvalue weighted by atomic mass is 35.5. The SMILES string of the molecule is CNc1cccc(C)c1COc1ccnc(-c2ccccc2Cl)n1.NNNC=O. The number of benzene rings is 2. The van der Waals surface area contributed by atoms with Gasteiger partial charge in [-0.25, -0.2) is 4.98 Å². The van der Waals surface area contributed by atoms with Crippen LogP contribution in [0.2, 0.25) is 5.02 Å². The first-order valence-electron chi connectivity index (χ1n) is 8.72. The fraction of sp³-hybridized carbons (Fsp3) is 0.150. The van der Waals surface area contributed by atoms with Gasteiger partial charge in [-0.15, -0.1) is 0 Å². The Kier molecular flexibility index (Phi) is 8.84. The van der Waals surface area contributed by atoms with E-state index >= 15 is 0 Å². The Morgan fingerprint density at radius 2 is 1.97 bits per heavy atom. The molecule has 5 N–H and O–H groups in total. The first-order valence-corrected chi connectivity index (χ1v) is 9.10. The summed E-state index contributed by atoms with van der Waals surface area (Å²) >= 11 is 6.22. The number of nitrogens with zero attached hydrogens (tertiary/aromatic N) is 2. The molecule has 0 radical (unpaired) electrons. The second-order valence-electron chi connectivity index (χ2n) is 5.74. The molecule has 0 aliphatic heterocycles. The molecular weight excluding hydrogens is 392 g/mol. The van der Waals surface area contributed by atoms with Crippen molar-refractivity contribution < 1.29 is 9.53 Å². The molecule has 0 saturated heterocycles. The maximum absolute atomic E-state index is 9.15. The maximum Gasteiger partial charge on any atom is 0.222 e. The third-order valence-electron chi connectivity index (χ3n) is 3.93. The van der Waals surface area contributed by atoms with E-state index in [-0.39, 0.29) is 0 Å². The van der Waals surface area contributed by atoms with Crippen LogP contribution in [0.25, 0.3) is 11.4 Å². The third-order valence-corrected chi connectivity index (χ3v) is 4.26. The summed E-state index contributed by atoms with van der Waals surface area (Å²) in [5.41, 5.74) is 7.98. The molecule has 0 fully saturated rings. The Hall–Kier alpha value is -3.20. The zero-order valence-corrected chi connectivity index (χ0v) is 16.9. The number of nitrogens with one attached hydrogen (secondary N) is 3. The van der Waals surface area contributed by atoms with Gasteiger partial charge in [0.05, 0.1) is 5.02 Å². The first-order chi connectivity index (χ1) is 14.1. The van der Waals surface area contributed by atoms with Crippen LogP contribution in [0.4, 0.5) is 5.69 Å². The Balaban J connectivity index is 0.000000537. The quantitative estimate of drug-likeness (QED) is 0.267. The van der Waals surface area contributed by atoms with Gasteiger partial charge in [-0.05, 0) is 30.7 Å². The normalized spacial score (nSPS) is 9.79. The molecule has 0 bridgehead atoms. The Bertz CT molecular complexity index is 938. The molecule has 3 rings (SSSR count). The number of ether oxygens (including phenoxy) is 1. The second kappa shape index (κ2) is 11.6. The van der Waals surface area contributed by atoms with Crippen molar-refractivity contribution in [3.8, 4) is 17.3 Å². The molecule has 152 valence electrons. The van der Waals surface area contributed by atoms with Crippen molar-refractivity contribution in [2.45, 2.75) is 13.5 Å². The van der Waals surface area contributed by atoms with Crippen LogP contribution < -0.4 is 26.9 Å². The van der Waals surface area contributed by atoms with E-state index in [4.69, 9.17) is 21.1 Å². The molecular formula is C20H23ClN6O2. The average Bonchev–Trinajstić information content (AvgIpc) is 2.74. The van der Waals surface area contributed by atoms with Crippen molar-refractivity contribution in [3.05, 3.63) is 70.9 Å². The summed E-state index contributed by atoms with van der Waals surface area (Å²) in [7, 11) is 1.90. The van der Waals surface area contributed by atoms with Crippen molar-refractivity contribution in [2.24, 2.45) is 5.84 Å². The van der Waals surface area contributed by atoms with Gasteiger partial charge < -0.3 is 10.1 Å². The minimum Gasteiger partial charge on any atom is -0.473 e. The minimum absolute atomic E-state index is 0.432. The van der Waals surface area contributed by atoms with Crippen LogP contribution in [0.3, 0.4) is 0 Å². The summed E-state index contributed by atoms with van der Waals surface area (Å²) in [5, 5.41) is 3.80. The molecule has 0 aliphatic carbocycles. The number of halogens is 1. The van der Waals surface area contributed by atoms with Crippen molar-refractivity contribution in [2.75, 3.05) is 12.4 Å². The van der Waals surface area contributed by atoms with Crippen LogP contribution in [0.15, 0.2) is 54.7 Å². The molecule has 1 aromatic heterocycles. The van der Waals surface area contributed by atoms with Crippen LogP contribution in [-0.2, 0) is 11.4 Å². The fourth-order valence-corrected chi connectivity index (χ4v) is 2.72. The van der Waals surface area contributed by atoms with Crippen molar-refractivity contribution in [1.29, 1.82) is 0 Å². The number of hydrazine groups is 2. The number of anilines is 1. The number of amides is 1. The summed E-state index contributed by atoms with van der Waals surface area (Å²) in [5.74, 6) is 5.62. The predicted octanol–water partition coefficient (Wildman–Crippen LogP) is 2.84. The van der Waals surface area contributed by atoms with Crippen LogP contribution in [0.1, 0.15) is 11.1 Å². The van der Waals surface area contributed by atoms with Crippen LogP contribution in [0.5, 0.6) is 5.88 Å². The molecule has 2 aromatic carbocycles. The molecule has 8 nitrogen and oxygen atoms in total. The van der Waals surface area contributed by atoms with E-state index in [9.17, 15) is 0 Å². The lowest BCUT2D eigenvalue weighted by atomic mass is 10.1. The number of hydrogen-bond acceptors (Lipinski definition) is 7. The highest BCUT2D eigenvalue weighted by molar-refractivity contribution is 6.33. The lowest BCUT2D eigenvalue weighted by molar-refractivity contribution is -0.110. The van der Waals surface area contributed by atoms with E-state index in [1.54, 1.807) is 12.3 Å². The van der Waals surface area contributed by atoms with Gasteiger partial charge in [0.25, 0.3) is 0 Å². The molecule has 3 aromatic rings. The largest absolute Gasteiger partial charge is 0.473 e. The van der Waals surface area contributed by atoms with Crippen LogP contribution >= 0.6 is 11.6 Å². The summed E-state index contributed by atoms with van der Waals surface area (Å²) in [6.07, 6.45) is 2.12. The van der Waals surface area contributed by atoms with E-state index in [1.807, 2.05) is 54.4 Å². The summed E-state index contributed by atoms with van der Waals surface area (Å²) in [6.45, 7) is 2.50. The molecule has 0 saturated carbocycles. The lowest BCUT2D eigenvalue weighted by Crippen LogP contribution is -2.36. The average molecular weight is 415 g/mol. The lowest BCUT2D eigenvalue weighted by Gasteiger charge is -2.13. The van der Waals surface area contributed by atoms with Gasteiger partial charge in [0.2, 0.25) is 12.3 Å². The van der Waals surface area contributed by atoms with Crippen LogP contribution in [-0.4, -0.2) is 23.4 Å². The number of hydrogen-bond donors (Lipinski definition) is 4. The Labute approximate surface area is 174 Å². The van der Waals surface area contributed by atoms with E-state index < -0.39 is 0 Å². The van der Waals surface area contributed by atoms with Crippen LogP contribution in [0, 0.1) is 6.92 Å². The van der Waals surface area contributed by atoms with E-state index in [0.717, 1.165) is 16.8 Å². The number of nitrogens with two attached hydrogens (primary N) is 1. The third kappa shape index (κ3) is 6.42. The van der Waals surface area contributed by atoms with Gasteiger partial charge in [0.15, 0.2) is 5.82 Å². The summed E-state index contributed by atoms with van der Waals surface area (Å²) < 4.78 is 5.88. The van der Waals surface area contributed by atoms with Gasteiger partial charge in [-0.2, -0.15) is 10.5 Å². The van der Waals surface area contributed by atoms with E-state index in [2.05, 4.69) is 34.1 Å². The highest BCUT2D eigenvalue weighted by Crippen LogP contribution is 2.26. The van der Waals surface area contributed by atoms with Gasteiger partial charge in [0, 0.05) is 36.1 Å². The number of carbonyl (C=O) groups is 1. The number of aromatic nitrogens is 2. The smallest absolute Gasteiger partial charge is 0.222 e. The highest BCUT2D eigenvalue weighted by Gasteiger charge is 2.09. The molecule has 0 unspecified atom stereocenters. The van der Waals surface area contributed by atoms with Gasteiger partial charge in [-0.1, -0.05) is 35.9 Å². The zero-order valence-electron chi connectivity index (χ0n) is 16.1. The summed E-state index contributed by atoms with van der Waals surface area (Å²) in [6, 6.07) is 15.4. The number of aryl methyl sites for hydroxylation is 1. The topological polar surface area (TPSA) is 114 Å². The Morgan fingerprint density at radius 3 is 2.62 bits per heavy atom. The van der Waals surface area contributed by atoms with Gasteiger partial charge in [-0.3, -0.25) is 16.1 Å². The Morgan fingerprint density at radius 1 is 1.17 bits per heavy atom. The maximum atomic E-state index is 9.15. The van der Waals surface area contributed by atoms with Crippen molar-refractivity contribution in [1.82, 2.24) is 20.9 Å². The molecule has 0 atom stereocenters. The molecule has 9 heteroatoms. The standard InChI is InChI=1S/C19H18ClN3O.CH5N3O/c1-13-6-5-9-17(21-2)15(13)12-24-18-10-11-22-19(23-18)14-7-3-4-8-16(14)20;2-4-3-1-5/h3-11,21H,12H2,1-2H3;1,4H,2H2,(H,3,5).